The predicted octanol–water partition coefficient (Wildman–Crippen LogP) is 0.556. The van der Waals surface area contributed by atoms with Gasteiger partial charge in [-0.15, -0.1) is 0 Å². The number of amides is 2. The second kappa shape index (κ2) is 9.07. The first kappa shape index (κ1) is 19.9. The molecular weight excluding hydrogens is 282 g/mol. The van der Waals surface area contributed by atoms with E-state index in [1.807, 2.05) is 0 Å². The van der Waals surface area contributed by atoms with Gasteiger partial charge in [0, 0.05) is 30.8 Å². The van der Waals surface area contributed by atoms with Crippen LogP contribution in [-0.2, 0) is 14.4 Å². The third-order valence-electron chi connectivity index (χ3n) is 2.86. The number of hydrogen-bond acceptors (Lipinski definition) is 5. The van der Waals surface area contributed by atoms with Gasteiger partial charge in [0.2, 0.25) is 0 Å². The van der Waals surface area contributed by atoms with E-state index in [2.05, 4.69) is 25.1 Å². The topological polar surface area (TPSA) is 92.5 Å². The van der Waals surface area contributed by atoms with Crippen LogP contribution in [0.5, 0.6) is 0 Å². The predicted molar refractivity (Wildman–Crippen MR) is 87.0 cm³/mol. The monoisotopic (exact) mass is 307 g/mol. The minimum Gasteiger partial charge on any atom is -0.329 e. The van der Waals surface area contributed by atoms with E-state index in [-0.39, 0.29) is 23.3 Å². The average molecular weight is 307 g/mol. The molecule has 0 aliphatic heterocycles. The minimum absolute atomic E-state index is 0.0981. The van der Waals surface area contributed by atoms with Crippen LogP contribution in [0.25, 0.3) is 0 Å². The maximum Gasteiger partial charge on any atom is 0.256 e. The largest absolute Gasteiger partial charge is 0.329 e. The smallest absolute Gasteiger partial charge is 0.256 e. The molecule has 6 heteroatoms. The number of ketones is 1. The highest BCUT2D eigenvalue weighted by Gasteiger charge is 2.34. The first-order valence-corrected chi connectivity index (χ1v) is 6.94. The van der Waals surface area contributed by atoms with Gasteiger partial charge in [-0.3, -0.25) is 19.3 Å². The van der Waals surface area contributed by atoms with Crippen molar-refractivity contribution in [2.24, 2.45) is 5.73 Å². The molecule has 0 heterocycles. The summed E-state index contributed by atoms with van der Waals surface area (Å²) in [6.45, 7) is 16.1. The SMILES string of the molecule is C=C(C)C(=O)C(CNCCN)N(C(=O)C(=C)C)C(=O)C(=C)C. The Morgan fingerprint density at radius 2 is 1.45 bits per heavy atom. The van der Waals surface area contributed by atoms with Crippen LogP contribution in [0, 0.1) is 0 Å². The molecule has 0 saturated heterocycles. The Kier molecular flexibility index (Phi) is 8.22. The first-order chi connectivity index (χ1) is 10.1. The zero-order chi connectivity index (χ0) is 17.4. The molecule has 3 N–H and O–H groups in total. The minimum atomic E-state index is -1.00. The number of nitrogens with zero attached hydrogens (tertiary/aromatic N) is 1. The highest BCUT2D eigenvalue weighted by atomic mass is 16.2. The molecule has 0 aliphatic carbocycles. The highest BCUT2D eigenvalue weighted by molar-refractivity contribution is 6.13. The molecule has 0 bridgehead atoms. The molecule has 0 spiro atoms. The van der Waals surface area contributed by atoms with E-state index in [9.17, 15) is 14.4 Å². The third-order valence-corrected chi connectivity index (χ3v) is 2.86. The number of carbonyl (C=O) groups is 3. The second-order valence-corrected chi connectivity index (χ2v) is 5.19. The van der Waals surface area contributed by atoms with Crippen LogP contribution >= 0.6 is 0 Å². The van der Waals surface area contributed by atoms with E-state index in [1.165, 1.54) is 20.8 Å². The summed E-state index contributed by atoms with van der Waals surface area (Å²) in [6.07, 6.45) is 0. The lowest BCUT2D eigenvalue weighted by molar-refractivity contribution is -0.146. The second-order valence-electron chi connectivity index (χ2n) is 5.19. The van der Waals surface area contributed by atoms with Gasteiger partial charge in [-0.1, -0.05) is 19.7 Å². The van der Waals surface area contributed by atoms with Crippen molar-refractivity contribution in [2.75, 3.05) is 19.6 Å². The fourth-order valence-corrected chi connectivity index (χ4v) is 1.71. The molecule has 0 aromatic carbocycles. The van der Waals surface area contributed by atoms with Gasteiger partial charge < -0.3 is 11.1 Å². The van der Waals surface area contributed by atoms with Crippen LogP contribution in [0.3, 0.4) is 0 Å². The lowest BCUT2D eigenvalue weighted by atomic mass is 10.0. The van der Waals surface area contributed by atoms with Crippen LogP contribution in [0.1, 0.15) is 20.8 Å². The zero-order valence-corrected chi connectivity index (χ0v) is 13.6. The van der Waals surface area contributed by atoms with Crippen LogP contribution in [0.2, 0.25) is 0 Å². The Morgan fingerprint density at radius 1 is 1.00 bits per heavy atom. The van der Waals surface area contributed by atoms with Crippen LogP contribution in [0.4, 0.5) is 0 Å². The third kappa shape index (κ3) is 5.38. The number of Topliss-reactive ketones (excluding diaryl/α,β-unsaturated/α-hetero) is 1. The van der Waals surface area contributed by atoms with Crippen molar-refractivity contribution >= 4 is 17.6 Å². The zero-order valence-electron chi connectivity index (χ0n) is 13.6. The first-order valence-electron chi connectivity index (χ1n) is 6.94. The number of carbonyl (C=O) groups excluding carboxylic acids is 3. The van der Waals surface area contributed by atoms with Crippen molar-refractivity contribution < 1.29 is 14.4 Å². The Balaban J connectivity index is 5.70. The molecule has 1 unspecified atom stereocenters. The standard InChI is InChI=1S/C16H25N3O3/c1-10(2)14(20)13(9-18-8-7-17)19(15(21)11(3)4)16(22)12(5)6/h13,18H,1,3,5,7-9,17H2,2,4,6H3. The Morgan fingerprint density at radius 3 is 1.77 bits per heavy atom. The summed E-state index contributed by atoms with van der Waals surface area (Å²) in [7, 11) is 0. The average Bonchev–Trinajstić information content (AvgIpc) is 2.44. The number of nitrogens with two attached hydrogens (primary N) is 1. The summed E-state index contributed by atoms with van der Waals surface area (Å²) in [5, 5.41) is 2.95. The van der Waals surface area contributed by atoms with E-state index in [1.54, 1.807) is 0 Å². The molecule has 1 atom stereocenters. The molecule has 0 aromatic rings. The van der Waals surface area contributed by atoms with Gasteiger partial charge in [0.15, 0.2) is 5.78 Å². The maximum absolute atomic E-state index is 12.4. The van der Waals surface area contributed by atoms with E-state index in [4.69, 9.17) is 5.73 Å². The molecule has 6 nitrogen and oxygen atoms in total. The maximum atomic E-state index is 12.4. The molecule has 0 aromatic heterocycles. The van der Waals surface area contributed by atoms with Crippen molar-refractivity contribution in [1.29, 1.82) is 0 Å². The molecule has 0 aliphatic rings. The molecule has 0 fully saturated rings. The molecule has 0 rings (SSSR count). The summed E-state index contributed by atoms with van der Waals surface area (Å²) in [6, 6.07) is -1.00. The van der Waals surface area contributed by atoms with Crippen molar-refractivity contribution in [3.05, 3.63) is 36.5 Å². The van der Waals surface area contributed by atoms with E-state index >= 15 is 0 Å². The van der Waals surface area contributed by atoms with Gasteiger partial charge in [0.1, 0.15) is 6.04 Å². The van der Waals surface area contributed by atoms with E-state index in [0.717, 1.165) is 4.90 Å². The van der Waals surface area contributed by atoms with Crippen molar-refractivity contribution in [2.45, 2.75) is 26.8 Å². The quantitative estimate of drug-likeness (QED) is 0.479. The fraction of sp³-hybridized carbons (Fsp3) is 0.438. The van der Waals surface area contributed by atoms with Gasteiger partial charge in [-0.25, -0.2) is 0 Å². The fourth-order valence-electron chi connectivity index (χ4n) is 1.71. The normalized spacial score (nSPS) is 11.5. The summed E-state index contributed by atoms with van der Waals surface area (Å²) >= 11 is 0. The summed E-state index contributed by atoms with van der Waals surface area (Å²) in [5.74, 6) is -1.61. The van der Waals surface area contributed by atoms with Gasteiger partial charge >= 0.3 is 0 Å². The molecular formula is C16H25N3O3. The lowest BCUT2D eigenvalue weighted by Crippen LogP contribution is -2.54. The molecule has 122 valence electrons. The summed E-state index contributed by atoms with van der Waals surface area (Å²) < 4.78 is 0. The van der Waals surface area contributed by atoms with Crippen molar-refractivity contribution in [1.82, 2.24) is 10.2 Å². The molecule has 22 heavy (non-hydrogen) atoms. The molecule has 2 amide bonds. The van der Waals surface area contributed by atoms with Gasteiger partial charge in [0.05, 0.1) is 0 Å². The van der Waals surface area contributed by atoms with Crippen molar-refractivity contribution in [3.8, 4) is 0 Å². The number of rotatable bonds is 9. The Bertz CT molecular complexity index is 483. The molecule has 0 saturated carbocycles. The van der Waals surface area contributed by atoms with Crippen LogP contribution in [-0.4, -0.2) is 48.2 Å². The Labute approximate surface area is 131 Å². The number of hydrogen-bond donors (Lipinski definition) is 2. The van der Waals surface area contributed by atoms with Crippen LogP contribution in [0.15, 0.2) is 36.5 Å². The Hall–Kier alpha value is -2.05. The van der Waals surface area contributed by atoms with Crippen molar-refractivity contribution in [3.63, 3.8) is 0 Å². The van der Waals surface area contributed by atoms with Crippen LogP contribution < -0.4 is 11.1 Å². The van der Waals surface area contributed by atoms with Gasteiger partial charge in [-0.2, -0.15) is 0 Å². The highest BCUT2D eigenvalue weighted by Crippen LogP contribution is 2.13. The number of imide groups is 1. The summed E-state index contributed by atoms with van der Waals surface area (Å²) in [4.78, 5) is 37.9. The summed E-state index contributed by atoms with van der Waals surface area (Å²) in [5.41, 5.74) is 5.98. The molecule has 0 radical (unpaired) electrons. The van der Waals surface area contributed by atoms with E-state index in [0.29, 0.717) is 13.1 Å². The lowest BCUT2D eigenvalue weighted by Gasteiger charge is -2.30. The van der Waals surface area contributed by atoms with Gasteiger partial charge in [0.25, 0.3) is 11.8 Å². The van der Waals surface area contributed by atoms with E-state index < -0.39 is 23.6 Å². The van der Waals surface area contributed by atoms with Gasteiger partial charge in [-0.05, 0) is 26.3 Å². The number of nitrogens with one attached hydrogen (secondary N) is 1.